The zero-order chi connectivity index (χ0) is 19.5. The standard InChI is InChI=1S/C16H22ClF3N2O3S/c1-21(8-9-25-2)11-13-4-3-7-22(13)26(23,24)15-10-12(16(18,19)20)5-6-14(15)17/h5-6,10,13H,3-4,7-9,11H2,1-2H3. The van der Waals surface area contributed by atoms with E-state index in [9.17, 15) is 21.6 Å². The second kappa shape index (κ2) is 8.43. The van der Waals surface area contributed by atoms with Crippen LogP contribution in [0.2, 0.25) is 5.02 Å². The largest absolute Gasteiger partial charge is 0.416 e. The molecule has 10 heteroatoms. The topological polar surface area (TPSA) is 49.9 Å². The van der Waals surface area contributed by atoms with Crippen molar-refractivity contribution < 1.29 is 26.3 Å². The number of nitrogens with zero attached hydrogens (tertiary/aromatic N) is 2. The van der Waals surface area contributed by atoms with E-state index in [1.165, 1.54) is 4.31 Å². The monoisotopic (exact) mass is 414 g/mol. The number of hydrogen-bond donors (Lipinski definition) is 0. The Morgan fingerprint density at radius 3 is 2.69 bits per heavy atom. The van der Waals surface area contributed by atoms with Gasteiger partial charge in [-0.3, -0.25) is 0 Å². The molecule has 5 nitrogen and oxygen atoms in total. The molecule has 1 fully saturated rings. The Hall–Kier alpha value is -0.870. The van der Waals surface area contributed by atoms with Crippen LogP contribution in [0, 0.1) is 0 Å². The molecule has 0 spiro atoms. The van der Waals surface area contributed by atoms with Gasteiger partial charge in [0, 0.05) is 32.8 Å². The lowest BCUT2D eigenvalue weighted by atomic mass is 10.2. The van der Waals surface area contributed by atoms with Crippen molar-refractivity contribution in [3.63, 3.8) is 0 Å². The van der Waals surface area contributed by atoms with Crippen molar-refractivity contribution in [1.82, 2.24) is 9.21 Å². The van der Waals surface area contributed by atoms with Crippen molar-refractivity contribution >= 4 is 21.6 Å². The SMILES string of the molecule is COCCN(C)CC1CCCN1S(=O)(=O)c1cc(C(F)(F)F)ccc1Cl. The summed E-state index contributed by atoms with van der Waals surface area (Å²) in [4.78, 5) is 1.44. The van der Waals surface area contributed by atoms with E-state index < -0.39 is 26.7 Å². The lowest BCUT2D eigenvalue weighted by Crippen LogP contribution is -2.43. The van der Waals surface area contributed by atoms with Crippen molar-refractivity contribution in [1.29, 1.82) is 0 Å². The van der Waals surface area contributed by atoms with Crippen LogP contribution in [0.5, 0.6) is 0 Å². The van der Waals surface area contributed by atoms with Crippen LogP contribution in [0.3, 0.4) is 0 Å². The first kappa shape index (κ1) is 21.4. The third-order valence-electron chi connectivity index (χ3n) is 4.37. The van der Waals surface area contributed by atoms with Gasteiger partial charge in [0.15, 0.2) is 0 Å². The summed E-state index contributed by atoms with van der Waals surface area (Å²) >= 11 is 5.93. The van der Waals surface area contributed by atoms with E-state index in [4.69, 9.17) is 16.3 Å². The third-order valence-corrected chi connectivity index (χ3v) is 6.80. The van der Waals surface area contributed by atoms with Crippen molar-refractivity contribution in [2.75, 3.05) is 40.4 Å². The maximum absolute atomic E-state index is 13.0. The predicted octanol–water partition coefficient (Wildman–Crippen LogP) is 3.09. The molecular weight excluding hydrogens is 393 g/mol. The highest BCUT2D eigenvalue weighted by atomic mass is 35.5. The molecule has 1 aromatic rings. The molecule has 0 radical (unpaired) electrons. The Balaban J connectivity index is 2.28. The van der Waals surface area contributed by atoms with Gasteiger partial charge in [-0.15, -0.1) is 0 Å². The van der Waals surface area contributed by atoms with Gasteiger partial charge in [0.05, 0.1) is 17.2 Å². The molecule has 0 saturated carbocycles. The maximum Gasteiger partial charge on any atom is 0.416 e. The number of hydrogen-bond acceptors (Lipinski definition) is 4. The number of rotatable bonds is 7. The van der Waals surface area contributed by atoms with E-state index in [1.54, 1.807) is 7.11 Å². The maximum atomic E-state index is 13.0. The minimum Gasteiger partial charge on any atom is -0.383 e. The summed E-state index contributed by atoms with van der Waals surface area (Å²) in [6.07, 6.45) is -3.34. The fourth-order valence-corrected chi connectivity index (χ4v) is 5.20. The number of alkyl halides is 3. The van der Waals surface area contributed by atoms with Crippen LogP contribution in [0.4, 0.5) is 13.2 Å². The number of halogens is 4. The van der Waals surface area contributed by atoms with E-state index in [1.807, 2.05) is 11.9 Å². The van der Waals surface area contributed by atoms with Crippen LogP contribution in [-0.4, -0.2) is 64.1 Å². The van der Waals surface area contributed by atoms with Crippen molar-refractivity contribution in [2.45, 2.75) is 30.0 Å². The number of sulfonamides is 1. The third kappa shape index (κ3) is 4.89. The molecule has 0 amide bonds. The average Bonchev–Trinajstić information content (AvgIpc) is 3.01. The predicted molar refractivity (Wildman–Crippen MR) is 92.7 cm³/mol. The van der Waals surface area contributed by atoms with Crippen molar-refractivity contribution in [3.8, 4) is 0 Å². The van der Waals surface area contributed by atoms with Crippen molar-refractivity contribution in [3.05, 3.63) is 28.8 Å². The quantitative estimate of drug-likeness (QED) is 0.688. The average molecular weight is 415 g/mol. The smallest absolute Gasteiger partial charge is 0.383 e. The molecule has 1 aromatic carbocycles. The molecule has 1 saturated heterocycles. The van der Waals surface area contributed by atoms with Crippen LogP contribution in [0.15, 0.2) is 23.1 Å². The molecule has 0 aliphatic carbocycles. The zero-order valence-electron chi connectivity index (χ0n) is 14.6. The minimum atomic E-state index is -4.64. The Morgan fingerprint density at radius 2 is 2.08 bits per heavy atom. The van der Waals surface area contributed by atoms with Crippen LogP contribution in [0.1, 0.15) is 18.4 Å². The Bertz CT molecular complexity index is 728. The van der Waals surface area contributed by atoms with Crippen LogP contribution in [-0.2, 0) is 20.9 Å². The molecule has 148 valence electrons. The number of likely N-dealkylation sites (N-methyl/N-ethyl adjacent to an activating group) is 1. The van der Waals surface area contributed by atoms with Gasteiger partial charge in [-0.2, -0.15) is 17.5 Å². The van der Waals surface area contributed by atoms with Gasteiger partial charge in [0.1, 0.15) is 4.90 Å². The summed E-state index contributed by atoms with van der Waals surface area (Å²) < 4.78 is 71.1. The van der Waals surface area contributed by atoms with E-state index in [0.717, 1.165) is 12.1 Å². The van der Waals surface area contributed by atoms with Crippen LogP contribution < -0.4 is 0 Å². The van der Waals surface area contributed by atoms with Gasteiger partial charge in [-0.05, 0) is 38.1 Å². The molecule has 1 aliphatic rings. The Labute approximate surface area is 156 Å². The number of methoxy groups -OCH3 is 1. The molecule has 0 N–H and O–H groups in total. The zero-order valence-corrected chi connectivity index (χ0v) is 16.2. The van der Waals surface area contributed by atoms with Gasteiger partial charge in [-0.25, -0.2) is 8.42 Å². The summed E-state index contributed by atoms with van der Waals surface area (Å²) in [6, 6.07) is 2.06. The van der Waals surface area contributed by atoms with Gasteiger partial charge < -0.3 is 9.64 Å². The first-order chi connectivity index (χ1) is 12.1. The fraction of sp³-hybridized carbons (Fsp3) is 0.625. The molecular formula is C16H22ClF3N2O3S. The molecule has 2 rings (SSSR count). The summed E-state index contributed by atoms with van der Waals surface area (Å²) in [7, 11) is -0.698. The van der Waals surface area contributed by atoms with E-state index >= 15 is 0 Å². The highest BCUT2D eigenvalue weighted by Gasteiger charge is 2.39. The number of ether oxygens (including phenoxy) is 1. The van der Waals surface area contributed by atoms with E-state index in [0.29, 0.717) is 38.6 Å². The normalized spacial score (nSPS) is 19.4. The molecule has 0 aromatic heterocycles. The number of benzene rings is 1. The minimum absolute atomic E-state index is 0.212. The lowest BCUT2D eigenvalue weighted by Gasteiger charge is -2.28. The van der Waals surface area contributed by atoms with E-state index in [2.05, 4.69) is 0 Å². The first-order valence-corrected chi connectivity index (χ1v) is 9.95. The highest BCUT2D eigenvalue weighted by molar-refractivity contribution is 7.89. The van der Waals surface area contributed by atoms with Crippen molar-refractivity contribution in [2.24, 2.45) is 0 Å². The second-order valence-corrected chi connectivity index (χ2v) is 8.58. The molecule has 1 aliphatic heterocycles. The fourth-order valence-electron chi connectivity index (χ4n) is 3.01. The van der Waals surface area contributed by atoms with Crippen LogP contribution >= 0.6 is 11.6 Å². The molecule has 26 heavy (non-hydrogen) atoms. The van der Waals surface area contributed by atoms with Gasteiger partial charge in [0.2, 0.25) is 10.0 Å². The molecule has 1 atom stereocenters. The summed E-state index contributed by atoms with van der Waals surface area (Å²) in [5, 5.41) is -0.212. The van der Waals surface area contributed by atoms with E-state index in [-0.39, 0.29) is 17.6 Å². The highest BCUT2D eigenvalue weighted by Crippen LogP contribution is 2.36. The van der Waals surface area contributed by atoms with Gasteiger partial charge in [0.25, 0.3) is 0 Å². The summed E-state index contributed by atoms with van der Waals surface area (Å²) in [6.45, 7) is 1.87. The first-order valence-electron chi connectivity index (χ1n) is 8.13. The van der Waals surface area contributed by atoms with Crippen LogP contribution in [0.25, 0.3) is 0 Å². The van der Waals surface area contributed by atoms with Gasteiger partial charge in [-0.1, -0.05) is 11.6 Å². The summed E-state index contributed by atoms with van der Waals surface area (Å²) in [5.41, 5.74) is -1.03. The second-order valence-electron chi connectivity index (χ2n) is 6.31. The lowest BCUT2D eigenvalue weighted by molar-refractivity contribution is -0.137. The molecule has 1 unspecified atom stereocenters. The Kier molecular flexibility index (Phi) is 6.95. The Morgan fingerprint density at radius 1 is 1.38 bits per heavy atom. The molecule has 1 heterocycles. The van der Waals surface area contributed by atoms with Gasteiger partial charge >= 0.3 is 6.18 Å². The molecule has 0 bridgehead atoms. The summed E-state index contributed by atoms with van der Waals surface area (Å²) in [5.74, 6) is 0.